The maximum Gasteiger partial charge on any atom is 0.115 e. The van der Waals surface area contributed by atoms with Crippen molar-refractivity contribution < 1.29 is 10.2 Å². The lowest BCUT2D eigenvalue weighted by molar-refractivity contribution is 0.464. The molecule has 3 rings (SSSR count). The molecule has 0 saturated carbocycles. The Hall–Kier alpha value is -1.96. The molecular weight excluding hydrogens is 236 g/mol. The molecule has 0 radical (unpaired) electrons. The van der Waals surface area contributed by atoms with Gasteiger partial charge in [0.05, 0.1) is 0 Å². The summed E-state index contributed by atoms with van der Waals surface area (Å²) in [6.45, 7) is 2.24. The Kier molecular flexibility index (Phi) is 2.94. The van der Waals surface area contributed by atoms with Crippen molar-refractivity contribution >= 4 is 0 Å². The van der Waals surface area contributed by atoms with Gasteiger partial charge in [-0.1, -0.05) is 25.1 Å². The molecule has 19 heavy (non-hydrogen) atoms. The molecule has 2 unspecified atom stereocenters. The van der Waals surface area contributed by atoms with Crippen molar-refractivity contribution in [2.75, 3.05) is 0 Å². The Bertz CT molecular complexity index is 587. The highest BCUT2D eigenvalue weighted by molar-refractivity contribution is 5.42. The van der Waals surface area contributed by atoms with Crippen molar-refractivity contribution in [3.05, 3.63) is 59.2 Å². The van der Waals surface area contributed by atoms with Crippen LogP contribution in [0.5, 0.6) is 11.5 Å². The van der Waals surface area contributed by atoms with Gasteiger partial charge in [-0.15, -0.1) is 0 Å². The van der Waals surface area contributed by atoms with Gasteiger partial charge in [0.1, 0.15) is 11.5 Å². The Morgan fingerprint density at radius 2 is 1.63 bits per heavy atom. The Labute approximate surface area is 113 Å². The zero-order valence-electron chi connectivity index (χ0n) is 11.0. The summed E-state index contributed by atoms with van der Waals surface area (Å²) in [6.07, 6.45) is 2.09. The summed E-state index contributed by atoms with van der Waals surface area (Å²) in [6, 6.07) is 13.3. The van der Waals surface area contributed by atoms with Crippen LogP contribution in [0.15, 0.2) is 42.5 Å². The Balaban J connectivity index is 1.95. The summed E-state index contributed by atoms with van der Waals surface area (Å²) in [5.41, 5.74) is 3.88. The van der Waals surface area contributed by atoms with Gasteiger partial charge in [-0.25, -0.2) is 0 Å². The Morgan fingerprint density at radius 1 is 0.947 bits per heavy atom. The van der Waals surface area contributed by atoms with Crippen molar-refractivity contribution in [2.45, 2.75) is 31.6 Å². The van der Waals surface area contributed by atoms with Gasteiger partial charge in [0.25, 0.3) is 0 Å². The van der Waals surface area contributed by atoms with E-state index in [2.05, 4.69) is 6.92 Å². The molecule has 0 amide bonds. The number of aryl methyl sites for hydroxylation is 1. The normalized spacial score (nSPS) is 21.9. The van der Waals surface area contributed by atoms with Crippen molar-refractivity contribution in [2.24, 2.45) is 0 Å². The SMILES string of the molecule is CC1c2ccc(O)cc2CCC1c1ccc(O)cc1. The summed E-state index contributed by atoms with van der Waals surface area (Å²) in [5, 5.41) is 18.9. The minimum Gasteiger partial charge on any atom is -0.508 e. The zero-order valence-corrected chi connectivity index (χ0v) is 11.0. The molecule has 2 nitrogen and oxygen atoms in total. The first kappa shape index (κ1) is 12.1. The van der Waals surface area contributed by atoms with Crippen LogP contribution in [-0.4, -0.2) is 10.2 Å². The highest BCUT2D eigenvalue weighted by Crippen LogP contribution is 2.43. The van der Waals surface area contributed by atoms with Gasteiger partial charge in [-0.05, 0) is 65.6 Å². The fourth-order valence-electron chi connectivity index (χ4n) is 3.21. The van der Waals surface area contributed by atoms with E-state index in [0.717, 1.165) is 12.8 Å². The van der Waals surface area contributed by atoms with Crippen LogP contribution in [-0.2, 0) is 6.42 Å². The number of phenolic OH excluding ortho intramolecular Hbond substituents is 2. The molecule has 0 heterocycles. The maximum absolute atomic E-state index is 9.56. The maximum atomic E-state index is 9.56. The second-order valence-corrected chi connectivity index (χ2v) is 5.41. The highest BCUT2D eigenvalue weighted by Gasteiger charge is 2.27. The minimum absolute atomic E-state index is 0.317. The summed E-state index contributed by atoms with van der Waals surface area (Å²) < 4.78 is 0. The molecule has 2 aromatic carbocycles. The molecule has 0 bridgehead atoms. The van der Waals surface area contributed by atoms with Crippen molar-refractivity contribution in [3.63, 3.8) is 0 Å². The fraction of sp³-hybridized carbons (Fsp3) is 0.294. The van der Waals surface area contributed by atoms with Crippen molar-refractivity contribution in [1.82, 2.24) is 0 Å². The van der Waals surface area contributed by atoms with Crippen LogP contribution in [0, 0.1) is 0 Å². The lowest BCUT2D eigenvalue weighted by Crippen LogP contribution is -2.16. The van der Waals surface area contributed by atoms with E-state index in [4.69, 9.17) is 0 Å². The van der Waals surface area contributed by atoms with Crippen molar-refractivity contribution in [3.8, 4) is 11.5 Å². The van der Waals surface area contributed by atoms with E-state index in [0.29, 0.717) is 23.3 Å². The molecule has 0 spiro atoms. The number of benzene rings is 2. The smallest absolute Gasteiger partial charge is 0.115 e. The summed E-state index contributed by atoms with van der Waals surface area (Å²) in [5.74, 6) is 1.60. The standard InChI is InChI=1S/C17H18O2/c1-11-16(12-2-5-14(18)6-3-12)8-4-13-10-15(19)7-9-17(11)13/h2-3,5-7,9-11,16,18-19H,4,8H2,1H3. The second kappa shape index (κ2) is 4.61. The average molecular weight is 254 g/mol. The van der Waals surface area contributed by atoms with Gasteiger partial charge in [-0.3, -0.25) is 0 Å². The molecule has 2 N–H and O–H groups in total. The molecule has 2 aromatic rings. The monoisotopic (exact) mass is 254 g/mol. The number of fused-ring (bicyclic) bond motifs is 1. The first-order valence-electron chi connectivity index (χ1n) is 6.76. The second-order valence-electron chi connectivity index (χ2n) is 5.41. The molecule has 0 aliphatic heterocycles. The lowest BCUT2D eigenvalue weighted by atomic mass is 9.73. The summed E-state index contributed by atoms with van der Waals surface area (Å²) in [7, 11) is 0. The number of hydrogen-bond acceptors (Lipinski definition) is 2. The molecule has 0 saturated heterocycles. The van der Waals surface area contributed by atoms with Gasteiger partial charge < -0.3 is 10.2 Å². The van der Waals surface area contributed by atoms with Crippen molar-refractivity contribution in [1.29, 1.82) is 0 Å². The molecule has 1 aliphatic rings. The van der Waals surface area contributed by atoms with Gasteiger partial charge in [0.2, 0.25) is 0 Å². The van der Waals surface area contributed by atoms with E-state index >= 15 is 0 Å². The number of aromatic hydroxyl groups is 2. The molecule has 2 heteroatoms. The van der Waals surface area contributed by atoms with Crippen LogP contribution in [0.2, 0.25) is 0 Å². The number of phenols is 2. The van der Waals surface area contributed by atoms with E-state index < -0.39 is 0 Å². The third-order valence-electron chi connectivity index (χ3n) is 4.27. The van der Waals surface area contributed by atoms with Gasteiger partial charge in [-0.2, -0.15) is 0 Å². The fourth-order valence-corrected chi connectivity index (χ4v) is 3.21. The minimum atomic E-state index is 0.317. The summed E-state index contributed by atoms with van der Waals surface area (Å²) >= 11 is 0. The molecule has 2 atom stereocenters. The first-order chi connectivity index (χ1) is 9.15. The van der Waals surface area contributed by atoms with Crippen LogP contribution in [0.4, 0.5) is 0 Å². The molecule has 98 valence electrons. The third kappa shape index (κ3) is 2.19. The molecule has 0 aromatic heterocycles. The van der Waals surface area contributed by atoms with Crippen LogP contribution in [0.1, 0.15) is 41.9 Å². The van der Waals surface area contributed by atoms with Gasteiger partial charge in [0, 0.05) is 0 Å². The van der Waals surface area contributed by atoms with E-state index in [1.165, 1.54) is 16.7 Å². The topological polar surface area (TPSA) is 40.5 Å². The van der Waals surface area contributed by atoms with Gasteiger partial charge in [0.15, 0.2) is 0 Å². The Morgan fingerprint density at radius 3 is 2.37 bits per heavy atom. The van der Waals surface area contributed by atoms with Crippen LogP contribution >= 0.6 is 0 Å². The van der Waals surface area contributed by atoms with E-state index in [1.807, 2.05) is 24.3 Å². The predicted octanol–water partition coefficient (Wildman–Crippen LogP) is 3.93. The number of rotatable bonds is 1. The van der Waals surface area contributed by atoms with Crippen LogP contribution in [0.3, 0.4) is 0 Å². The van der Waals surface area contributed by atoms with E-state index in [1.54, 1.807) is 18.2 Å². The third-order valence-corrected chi connectivity index (χ3v) is 4.27. The molecule has 1 aliphatic carbocycles. The largest absolute Gasteiger partial charge is 0.508 e. The summed E-state index contributed by atoms with van der Waals surface area (Å²) in [4.78, 5) is 0. The van der Waals surface area contributed by atoms with Crippen LogP contribution < -0.4 is 0 Å². The van der Waals surface area contributed by atoms with Gasteiger partial charge >= 0.3 is 0 Å². The molecular formula is C17H18O2. The van der Waals surface area contributed by atoms with E-state index in [-0.39, 0.29) is 0 Å². The lowest BCUT2D eigenvalue weighted by Gasteiger charge is -2.31. The number of hydrogen-bond donors (Lipinski definition) is 2. The van der Waals surface area contributed by atoms with Crippen LogP contribution in [0.25, 0.3) is 0 Å². The quantitative estimate of drug-likeness (QED) is 0.809. The predicted molar refractivity (Wildman–Crippen MR) is 75.7 cm³/mol. The average Bonchev–Trinajstić information content (AvgIpc) is 2.40. The first-order valence-corrected chi connectivity index (χ1v) is 6.76. The highest BCUT2D eigenvalue weighted by atomic mass is 16.3. The van der Waals surface area contributed by atoms with E-state index in [9.17, 15) is 10.2 Å². The molecule has 0 fully saturated rings. The zero-order chi connectivity index (χ0) is 13.4.